The first-order valence-electron chi connectivity index (χ1n) is 5.81. The molecule has 0 N–H and O–H groups in total. The van der Waals surface area contributed by atoms with Crippen LogP contribution in [0.4, 0.5) is 0 Å². The monoisotopic (exact) mass is 306 g/mol. The number of benzene rings is 1. The fourth-order valence-electron chi connectivity index (χ4n) is 1.78. The molecular formula is C14H11ClN2S2. The van der Waals surface area contributed by atoms with E-state index in [9.17, 15) is 0 Å². The molecule has 0 unspecified atom stereocenters. The van der Waals surface area contributed by atoms with Crippen LogP contribution in [0.5, 0.6) is 0 Å². The molecular weight excluding hydrogens is 296 g/mol. The summed E-state index contributed by atoms with van der Waals surface area (Å²) in [6.07, 6.45) is 0. The zero-order chi connectivity index (χ0) is 13.2. The van der Waals surface area contributed by atoms with Crippen LogP contribution in [-0.4, -0.2) is 9.97 Å². The number of thiophene rings is 1. The van der Waals surface area contributed by atoms with Crippen LogP contribution < -0.4 is 0 Å². The topological polar surface area (TPSA) is 25.8 Å². The Kier molecular flexibility index (Phi) is 3.73. The molecule has 3 aromatic rings. The van der Waals surface area contributed by atoms with Crippen LogP contribution in [-0.2, 0) is 5.75 Å². The van der Waals surface area contributed by atoms with Gasteiger partial charge in [0.15, 0.2) is 0 Å². The summed E-state index contributed by atoms with van der Waals surface area (Å²) >= 11 is 9.48. The van der Waals surface area contributed by atoms with Crippen LogP contribution in [0, 0.1) is 6.92 Å². The number of hydrogen-bond donors (Lipinski definition) is 0. The maximum absolute atomic E-state index is 6.16. The zero-order valence-electron chi connectivity index (χ0n) is 10.3. The molecule has 0 aliphatic heterocycles. The number of aryl methyl sites for hydroxylation is 1. The summed E-state index contributed by atoms with van der Waals surface area (Å²) < 4.78 is 0. The molecule has 19 heavy (non-hydrogen) atoms. The second-order valence-electron chi connectivity index (χ2n) is 4.18. The Bertz CT molecular complexity index is 724. The third-order valence-corrected chi connectivity index (χ3v) is 4.77. The van der Waals surface area contributed by atoms with Gasteiger partial charge in [-0.05, 0) is 30.5 Å². The molecule has 0 amide bonds. The van der Waals surface area contributed by atoms with Crippen molar-refractivity contribution in [3.63, 3.8) is 0 Å². The Hall–Kier alpha value is -1.10. The molecule has 0 fully saturated rings. The predicted octanol–water partition coefficient (Wildman–Crippen LogP) is 4.95. The molecule has 1 aromatic carbocycles. The number of rotatable bonds is 3. The van der Waals surface area contributed by atoms with Gasteiger partial charge >= 0.3 is 0 Å². The molecule has 2 aromatic heterocycles. The number of aromatic nitrogens is 2. The minimum absolute atomic E-state index is 0.547. The minimum Gasteiger partial charge on any atom is -0.221 e. The molecule has 0 spiro atoms. The molecule has 5 heteroatoms. The Balaban J connectivity index is 1.81. The highest BCUT2D eigenvalue weighted by atomic mass is 35.5. The van der Waals surface area contributed by atoms with Gasteiger partial charge in [-0.2, -0.15) is 0 Å². The Morgan fingerprint density at radius 2 is 2.16 bits per heavy atom. The van der Waals surface area contributed by atoms with Gasteiger partial charge in [-0.3, -0.25) is 0 Å². The molecule has 0 saturated carbocycles. The lowest BCUT2D eigenvalue weighted by Crippen LogP contribution is -1.92. The molecule has 0 saturated heterocycles. The zero-order valence-corrected chi connectivity index (χ0v) is 12.6. The van der Waals surface area contributed by atoms with E-state index < -0.39 is 0 Å². The Morgan fingerprint density at radius 3 is 3.00 bits per heavy atom. The van der Waals surface area contributed by atoms with Crippen LogP contribution in [0.15, 0.2) is 40.6 Å². The van der Waals surface area contributed by atoms with Crippen molar-refractivity contribution in [1.29, 1.82) is 0 Å². The first kappa shape index (κ1) is 12.9. The number of fused-ring (bicyclic) bond motifs is 1. The van der Waals surface area contributed by atoms with E-state index in [4.69, 9.17) is 11.6 Å². The highest BCUT2D eigenvalue weighted by Gasteiger charge is 2.07. The van der Waals surface area contributed by atoms with Gasteiger partial charge in [-0.25, -0.2) is 9.97 Å². The van der Waals surface area contributed by atoms with Crippen molar-refractivity contribution in [1.82, 2.24) is 9.97 Å². The summed E-state index contributed by atoms with van der Waals surface area (Å²) in [5.41, 5.74) is 1.26. The van der Waals surface area contributed by atoms with Crippen molar-refractivity contribution in [2.24, 2.45) is 0 Å². The quantitative estimate of drug-likeness (QED) is 0.506. The van der Waals surface area contributed by atoms with Gasteiger partial charge in [-0.1, -0.05) is 29.3 Å². The van der Waals surface area contributed by atoms with Crippen molar-refractivity contribution >= 4 is 44.9 Å². The summed E-state index contributed by atoms with van der Waals surface area (Å²) in [5.74, 6) is 1.52. The normalized spacial score (nSPS) is 11.1. The smallest absolute Gasteiger partial charge is 0.142 e. The van der Waals surface area contributed by atoms with E-state index in [0.29, 0.717) is 5.15 Å². The second kappa shape index (κ2) is 5.49. The number of hydrogen-bond acceptors (Lipinski definition) is 4. The Labute approximate surface area is 124 Å². The van der Waals surface area contributed by atoms with E-state index in [2.05, 4.69) is 41.2 Å². The highest BCUT2D eigenvalue weighted by molar-refractivity contribution is 7.98. The summed E-state index contributed by atoms with van der Waals surface area (Å²) in [5, 5.41) is 3.48. The molecule has 3 rings (SSSR count). The van der Waals surface area contributed by atoms with E-state index >= 15 is 0 Å². The van der Waals surface area contributed by atoms with Crippen LogP contribution in [0.1, 0.15) is 11.4 Å². The average Bonchev–Trinajstić information content (AvgIpc) is 2.85. The fraction of sp³-hybridized carbons (Fsp3) is 0.143. The lowest BCUT2D eigenvalue weighted by molar-refractivity contribution is 1.07. The third-order valence-electron chi connectivity index (χ3n) is 2.68. The Morgan fingerprint density at radius 1 is 1.26 bits per heavy atom. The van der Waals surface area contributed by atoms with Crippen LogP contribution in [0.25, 0.3) is 10.2 Å². The van der Waals surface area contributed by atoms with Crippen LogP contribution in [0.3, 0.4) is 0 Å². The largest absolute Gasteiger partial charge is 0.221 e. The minimum atomic E-state index is 0.547. The summed E-state index contributed by atoms with van der Waals surface area (Å²) in [6.45, 7) is 2.09. The molecule has 2 heterocycles. The van der Waals surface area contributed by atoms with E-state index in [1.807, 2.05) is 11.4 Å². The highest BCUT2D eigenvalue weighted by Crippen LogP contribution is 2.27. The van der Waals surface area contributed by atoms with Gasteiger partial charge in [0, 0.05) is 10.3 Å². The van der Waals surface area contributed by atoms with Gasteiger partial charge in [0.1, 0.15) is 15.8 Å². The third kappa shape index (κ3) is 2.91. The van der Waals surface area contributed by atoms with Gasteiger partial charge in [-0.15, -0.1) is 23.1 Å². The van der Waals surface area contributed by atoms with Crippen molar-refractivity contribution in [3.05, 3.63) is 52.3 Å². The van der Waals surface area contributed by atoms with E-state index in [1.165, 1.54) is 10.5 Å². The van der Waals surface area contributed by atoms with Gasteiger partial charge in [0.05, 0.1) is 5.75 Å². The lowest BCUT2D eigenvalue weighted by atomic mass is 10.2. The average molecular weight is 307 g/mol. The van der Waals surface area contributed by atoms with Crippen molar-refractivity contribution in [2.75, 3.05) is 0 Å². The molecule has 0 radical (unpaired) electrons. The van der Waals surface area contributed by atoms with Gasteiger partial charge < -0.3 is 0 Å². The first-order chi connectivity index (χ1) is 9.22. The van der Waals surface area contributed by atoms with Gasteiger partial charge in [0.25, 0.3) is 0 Å². The molecule has 0 aliphatic rings. The molecule has 0 aliphatic carbocycles. The van der Waals surface area contributed by atoms with Crippen molar-refractivity contribution in [2.45, 2.75) is 17.6 Å². The van der Waals surface area contributed by atoms with Crippen LogP contribution >= 0.6 is 34.7 Å². The summed E-state index contributed by atoms with van der Waals surface area (Å²) in [4.78, 5) is 11.1. The molecule has 0 atom stereocenters. The lowest BCUT2D eigenvalue weighted by Gasteiger charge is -2.03. The predicted molar refractivity (Wildman–Crippen MR) is 83.2 cm³/mol. The summed E-state index contributed by atoms with van der Waals surface area (Å²) in [7, 11) is 0. The van der Waals surface area contributed by atoms with Crippen molar-refractivity contribution < 1.29 is 0 Å². The number of halogens is 1. The van der Waals surface area contributed by atoms with E-state index in [0.717, 1.165) is 21.8 Å². The maximum Gasteiger partial charge on any atom is 0.142 e. The van der Waals surface area contributed by atoms with Crippen LogP contribution in [0.2, 0.25) is 5.15 Å². The molecule has 0 bridgehead atoms. The van der Waals surface area contributed by atoms with E-state index in [1.54, 1.807) is 23.1 Å². The van der Waals surface area contributed by atoms with Crippen molar-refractivity contribution in [3.8, 4) is 0 Å². The SMILES string of the molecule is Cc1cccc(SCc2nc(Cl)c3ccsc3n2)c1. The number of thioether (sulfide) groups is 1. The fourth-order valence-corrected chi connectivity index (χ4v) is 3.74. The number of nitrogens with zero attached hydrogens (tertiary/aromatic N) is 2. The standard InChI is InChI=1S/C14H11ClN2S2/c1-9-3-2-4-10(7-9)19-8-12-16-13(15)11-5-6-18-14(11)17-12/h2-7H,8H2,1H3. The first-order valence-corrected chi connectivity index (χ1v) is 8.06. The second-order valence-corrected chi connectivity index (χ2v) is 6.48. The van der Waals surface area contributed by atoms with Gasteiger partial charge in [0.2, 0.25) is 0 Å². The van der Waals surface area contributed by atoms with E-state index in [-0.39, 0.29) is 0 Å². The summed E-state index contributed by atoms with van der Waals surface area (Å²) in [6, 6.07) is 10.4. The molecule has 2 nitrogen and oxygen atoms in total. The maximum atomic E-state index is 6.16. The molecule has 96 valence electrons.